The number of hydrogen-bond donors (Lipinski definition) is 1. The van der Waals surface area contributed by atoms with Crippen molar-refractivity contribution in [1.29, 1.82) is 0 Å². The number of hydrogen-bond acceptors (Lipinski definition) is 2. The van der Waals surface area contributed by atoms with E-state index in [1.165, 1.54) is 12.1 Å². The van der Waals surface area contributed by atoms with Crippen LogP contribution in [0.25, 0.3) is 0 Å². The van der Waals surface area contributed by atoms with Gasteiger partial charge in [-0.05, 0) is 49.3 Å². The Morgan fingerprint density at radius 1 is 1.14 bits per heavy atom. The topological polar surface area (TPSA) is 57.6 Å². The summed E-state index contributed by atoms with van der Waals surface area (Å²) in [5.74, 6) is -1.33. The van der Waals surface area contributed by atoms with Gasteiger partial charge in [0.25, 0.3) is 0 Å². The molecule has 1 N–H and O–H groups in total. The molecule has 1 saturated carbocycles. The summed E-state index contributed by atoms with van der Waals surface area (Å²) >= 11 is 0. The zero-order chi connectivity index (χ0) is 15.7. The maximum absolute atomic E-state index is 12.9. The Morgan fingerprint density at radius 2 is 1.77 bits per heavy atom. The van der Waals surface area contributed by atoms with Crippen molar-refractivity contribution in [2.75, 3.05) is 13.1 Å². The molecule has 1 aliphatic heterocycles. The van der Waals surface area contributed by atoms with Crippen LogP contribution < -0.4 is 0 Å². The van der Waals surface area contributed by atoms with E-state index >= 15 is 0 Å². The molecular formula is C17H20FNO3. The van der Waals surface area contributed by atoms with E-state index in [1.807, 2.05) is 17.0 Å². The average Bonchev–Trinajstić information content (AvgIpc) is 3.30. The zero-order valence-corrected chi connectivity index (χ0v) is 12.4. The quantitative estimate of drug-likeness (QED) is 0.929. The van der Waals surface area contributed by atoms with Crippen LogP contribution in [0.15, 0.2) is 24.3 Å². The fourth-order valence-electron chi connectivity index (χ4n) is 3.29. The first-order valence-electron chi connectivity index (χ1n) is 7.80. The van der Waals surface area contributed by atoms with Gasteiger partial charge in [-0.3, -0.25) is 9.59 Å². The molecule has 22 heavy (non-hydrogen) atoms. The number of carboxylic acid groups (broad SMARTS) is 1. The molecular weight excluding hydrogens is 285 g/mol. The van der Waals surface area contributed by atoms with Crippen molar-refractivity contribution in [3.8, 4) is 0 Å². The number of aliphatic carboxylic acids is 1. The van der Waals surface area contributed by atoms with Crippen LogP contribution in [0.5, 0.6) is 0 Å². The molecule has 2 atom stereocenters. The summed E-state index contributed by atoms with van der Waals surface area (Å²) in [6.45, 7) is 1.40. The molecule has 4 nitrogen and oxygen atoms in total. The first-order valence-corrected chi connectivity index (χ1v) is 7.80. The molecule has 1 aliphatic carbocycles. The Hall–Kier alpha value is -1.91. The summed E-state index contributed by atoms with van der Waals surface area (Å²) in [4.78, 5) is 24.9. The minimum Gasteiger partial charge on any atom is -0.481 e. The Kier molecular flexibility index (Phi) is 4.14. The number of carboxylic acids is 1. The summed E-state index contributed by atoms with van der Waals surface area (Å²) in [5, 5.41) is 8.90. The van der Waals surface area contributed by atoms with Gasteiger partial charge in [-0.2, -0.15) is 0 Å². The molecule has 1 amide bonds. The van der Waals surface area contributed by atoms with Gasteiger partial charge in [-0.15, -0.1) is 0 Å². The largest absolute Gasteiger partial charge is 0.481 e. The highest BCUT2D eigenvalue weighted by Gasteiger charge is 2.50. The molecule has 1 heterocycles. The van der Waals surface area contributed by atoms with Gasteiger partial charge in [0.1, 0.15) is 5.82 Å². The van der Waals surface area contributed by atoms with Crippen LogP contribution in [0, 0.1) is 23.6 Å². The minimum absolute atomic E-state index is 0.00707. The van der Waals surface area contributed by atoms with E-state index in [0.29, 0.717) is 25.4 Å². The van der Waals surface area contributed by atoms with Crippen LogP contribution in [0.3, 0.4) is 0 Å². The number of amides is 1. The maximum atomic E-state index is 12.9. The zero-order valence-electron chi connectivity index (χ0n) is 12.4. The first kappa shape index (κ1) is 15.0. The highest BCUT2D eigenvalue weighted by atomic mass is 19.1. The van der Waals surface area contributed by atoms with E-state index < -0.39 is 11.9 Å². The lowest BCUT2D eigenvalue weighted by atomic mass is 9.90. The third-order valence-corrected chi connectivity index (χ3v) is 4.79. The fraction of sp³-hybridized carbons (Fsp3) is 0.529. The number of likely N-dealkylation sites (tertiary alicyclic amines) is 1. The van der Waals surface area contributed by atoms with Crippen molar-refractivity contribution in [2.24, 2.45) is 17.8 Å². The van der Waals surface area contributed by atoms with Crippen LogP contribution in [-0.4, -0.2) is 35.0 Å². The van der Waals surface area contributed by atoms with Crippen LogP contribution in [-0.2, 0) is 16.0 Å². The molecule has 1 aromatic rings. The minimum atomic E-state index is -0.857. The van der Waals surface area contributed by atoms with E-state index in [0.717, 1.165) is 24.8 Å². The van der Waals surface area contributed by atoms with Gasteiger partial charge in [-0.1, -0.05) is 12.1 Å². The second-order valence-corrected chi connectivity index (χ2v) is 6.39. The van der Waals surface area contributed by atoms with Gasteiger partial charge < -0.3 is 10.0 Å². The van der Waals surface area contributed by atoms with Crippen molar-refractivity contribution in [1.82, 2.24) is 4.90 Å². The molecule has 0 aromatic heterocycles. The summed E-state index contributed by atoms with van der Waals surface area (Å²) in [6.07, 6.45) is 3.24. The lowest BCUT2D eigenvalue weighted by molar-refractivity contribution is -0.142. The molecule has 3 rings (SSSR count). The van der Waals surface area contributed by atoms with Crippen molar-refractivity contribution >= 4 is 11.9 Å². The van der Waals surface area contributed by atoms with E-state index in [4.69, 9.17) is 5.11 Å². The summed E-state index contributed by atoms with van der Waals surface area (Å²) in [6, 6.07) is 6.59. The molecule has 2 unspecified atom stereocenters. The number of carbonyl (C=O) groups is 2. The van der Waals surface area contributed by atoms with Crippen molar-refractivity contribution in [2.45, 2.75) is 25.7 Å². The number of nitrogens with zero attached hydrogens (tertiary/aromatic N) is 1. The van der Waals surface area contributed by atoms with Crippen LogP contribution in [0.2, 0.25) is 0 Å². The molecule has 0 spiro atoms. The molecule has 2 aliphatic rings. The highest BCUT2D eigenvalue weighted by molar-refractivity contribution is 5.89. The van der Waals surface area contributed by atoms with Gasteiger partial charge >= 0.3 is 5.97 Å². The van der Waals surface area contributed by atoms with Crippen LogP contribution in [0.4, 0.5) is 4.39 Å². The number of piperidine rings is 1. The second kappa shape index (κ2) is 6.07. The summed E-state index contributed by atoms with van der Waals surface area (Å²) < 4.78 is 12.9. The van der Waals surface area contributed by atoms with Gasteiger partial charge in [0, 0.05) is 13.1 Å². The standard InChI is InChI=1S/C17H20FNO3/c18-13-3-1-11(2-4-13)9-12-5-7-19(8-6-12)16(20)14-10-15(14)17(21)22/h1-4,12,14-15H,5-10H2,(H,21,22). The third-order valence-electron chi connectivity index (χ3n) is 4.79. The van der Waals surface area contributed by atoms with Crippen molar-refractivity contribution in [3.05, 3.63) is 35.6 Å². The van der Waals surface area contributed by atoms with Crippen molar-refractivity contribution < 1.29 is 19.1 Å². The molecule has 0 radical (unpaired) electrons. The molecule has 5 heteroatoms. The van der Waals surface area contributed by atoms with Crippen LogP contribution >= 0.6 is 0 Å². The Balaban J connectivity index is 1.47. The second-order valence-electron chi connectivity index (χ2n) is 6.39. The van der Waals surface area contributed by atoms with Gasteiger partial charge in [0.05, 0.1) is 11.8 Å². The predicted octanol–water partition coefficient (Wildman–Crippen LogP) is 2.33. The Bertz CT molecular complexity index is 564. The SMILES string of the molecule is O=C(O)C1CC1C(=O)N1CCC(Cc2ccc(F)cc2)CC1. The Morgan fingerprint density at radius 3 is 2.32 bits per heavy atom. The maximum Gasteiger partial charge on any atom is 0.307 e. The number of halogens is 1. The van der Waals surface area contributed by atoms with E-state index in [-0.39, 0.29) is 17.6 Å². The number of benzene rings is 1. The van der Waals surface area contributed by atoms with E-state index in [9.17, 15) is 14.0 Å². The summed E-state index contributed by atoms with van der Waals surface area (Å²) in [7, 11) is 0. The van der Waals surface area contributed by atoms with Crippen molar-refractivity contribution in [3.63, 3.8) is 0 Å². The summed E-state index contributed by atoms with van der Waals surface area (Å²) in [5.41, 5.74) is 1.12. The molecule has 2 fully saturated rings. The fourth-order valence-corrected chi connectivity index (χ4v) is 3.29. The molecule has 1 saturated heterocycles. The van der Waals surface area contributed by atoms with E-state index in [2.05, 4.69) is 0 Å². The molecule has 0 bridgehead atoms. The molecule has 1 aromatic carbocycles. The number of carbonyl (C=O) groups excluding carboxylic acids is 1. The monoisotopic (exact) mass is 305 g/mol. The average molecular weight is 305 g/mol. The highest BCUT2D eigenvalue weighted by Crippen LogP contribution is 2.40. The smallest absolute Gasteiger partial charge is 0.307 e. The third kappa shape index (κ3) is 3.29. The lowest BCUT2D eigenvalue weighted by Gasteiger charge is -2.32. The number of rotatable bonds is 4. The molecule has 118 valence electrons. The lowest BCUT2D eigenvalue weighted by Crippen LogP contribution is -2.40. The predicted molar refractivity (Wildman–Crippen MR) is 78.6 cm³/mol. The van der Waals surface area contributed by atoms with Crippen LogP contribution in [0.1, 0.15) is 24.8 Å². The van der Waals surface area contributed by atoms with Gasteiger partial charge in [0.15, 0.2) is 0 Å². The van der Waals surface area contributed by atoms with Gasteiger partial charge in [0.2, 0.25) is 5.91 Å². The normalized spacial score (nSPS) is 25.0. The van der Waals surface area contributed by atoms with E-state index in [1.54, 1.807) is 0 Å². The first-order chi connectivity index (χ1) is 10.5. The Labute approximate surface area is 128 Å². The van der Waals surface area contributed by atoms with Gasteiger partial charge in [-0.25, -0.2) is 4.39 Å².